The molecule has 0 spiro atoms. The summed E-state index contributed by atoms with van der Waals surface area (Å²) in [5.74, 6) is -0.517. The lowest BCUT2D eigenvalue weighted by atomic mass is 9.95. The molecule has 0 bridgehead atoms. The van der Waals surface area contributed by atoms with Crippen LogP contribution in [0.4, 0.5) is 11.5 Å². The Morgan fingerprint density at radius 1 is 1.16 bits per heavy atom. The topological polar surface area (TPSA) is 122 Å². The molecule has 1 aromatic heterocycles. The van der Waals surface area contributed by atoms with Crippen molar-refractivity contribution >= 4 is 17.5 Å². The second kappa shape index (κ2) is 8.23. The lowest BCUT2D eigenvalue weighted by molar-refractivity contribution is 0.0393. The number of aromatic carboxylic acids is 1. The molecular weight excluding hydrogens is 396 g/mol. The number of aromatic hydroxyl groups is 1. The number of rotatable bonds is 4. The zero-order valence-electron chi connectivity index (χ0n) is 17.4. The Morgan fingerprint density at radius 3 is 2.68 bits per heavy atom. The van der Waals surface area contributed by atoms with Crippen LogP contribution in [0.5, 0.6) is 5.75 Å². The average Bonchev–Trinajstić information content (AvgIpc) is 2.76. The molecule has 1 fully saturated rings. The van der Waals surface area contributed by atoms with E-state index in [0.29, 0.717) is 47.9 Å². The molecule has 4 rings (SSSR count). The van der Waals surface area contributed by atoms with Crippen LogP contribution in [-0.2, 0) is 4.74 Å². The van der Waals surface area contributed by atoms with Crippen LogP contribution >= 0.6 is 0 Å². The Bertz CT molecular complexity index is 1150. The smallest absolute Gasteiger partial charge is 0.335 e. The fraction of sp³-hybridized carbons (Fsp3) is 0.261. The van der Waals surface area contributed by atoms with Crippen LogP contribution in [0, 0.1) is 13.8 Å². The van der Waals surface area contributed by atoms with E-state index in [0.717, 1.165) is 16.8 Å². The summed E-state index contributed by atoms with van der Waals surface area (Å²) in [6, 6.07) is 12.3. The Hall–Kier alpha value is -3.65. The van der Waals surface area contributed by atoms with Gasteiger partial charge in [0.1, 0.15) is 11.9 Å². The van der Waals surface area contributed by atoms with Crippen molar-refractivity contribution in [1.29, 1.82) is 0 Å². The minimum Gasteiger partial charge on any atom is -0.507 e. The number of hydrogen-bond donors (Lipinski definition) is 3. The number of carbonyl (C=O) groups is 1. The summed E-state index contributed by atoms with van der Waals surface area (Å²) < 4.78 is 6.02. The van der Waals surface area contributed by atoms with E-state index < -0.39 is 5.97 Å². The Balaban J connectivity index is 1.65. The number of aromatic nitrogens is 2. The fourth-order valence-electron chi connectivity index (χ4n) is 3.94. The summed E-state index contributed by atoms with van der Waals surface area (Å²) in [5, 5.41) is 27.8. The standard InChI is InChI=1S/C23H24N4O4/c1-13-10-17(23(29)30)14(2)9-16(13)21-12-27(7-8-31-21)19-11-18(25-26-22(19)24)15-5-3-4-6-20(15)28/h3-6,9-11,21,28H,7-8,12H2,1-2H3,(H2,24,26)(H,29,30)/t21-/m1/s1. The molecule has 0 unspecified atom stereocenters. The molecule has 0 saturated carbocycles. The molecule has 1 aliphatic rings. The largest absolute Gasteiger partial charge is 0.507 e. The van der Waals surface area contributed by atoms with Crippen LogP contribution in [0.25, 0.3) is 11.3 Å². The molecule has 0 aliphatic carbocycles. The third kappa shape index (κ3) is 4.02. The van der Waals surface area contributed by atoms with Gasteiger partial charge < -0.3 is 25.6 Å². The number of nitrogens with two attached hydrogens (primary N) is 1. The summed E-state index contributed by atoms with van der Waals surface area (Å²) in [6.45, 7) is 5.32. The lowest BCUT2D eigenvalue weighted by Gasteiger charge is -2.35. The van der Waals surface area contributed by atoms with Gasteiger partial charge in [-0.3, -0.25) is 0 Å². The Labute approximate surface area is 179 Å². The van der Waals surface area contributed by atoms with Crippen LogP contribution < -0.4 is 10.6 Å². The Morgan fingerprint density at radius 2 is 1.94 bits per heavy atom. The predicted octanol–water partition coefficient (Wildman–Crippen LogP) is 3.32. The number of carboxylic acids is 1. The molecule has 160 valence electrons. The molecule has 2 aromatic carbocycles. The quantitative estimate of drug-likeness (QED) is 0.588. The van der Waals surface area contributed by atoms with Crippen LogP contribution in [0.15, 0.2) is 42.5 Å². The van der Waals surface area contributed by atoms with Gasteiger partial charge in [-0.1, -0.05) is 18.2 Å². The first-order valence-electron chi connectivity index (χ1n) is 9.97. The van der Waals surface area contributed by atoms with Crippen molar-refractivity contribution in [2.45, 2.75) is 20.0 Å². The number of hydrogen-bond acceptors (Lipinski definition) is 7. The zero-order chi connectivity index (χ0) is 22.1. The van der Waals surface area contributed by atoms with Crippen molar-refractivity contribution in [3.63, 3.8) is 0 Å². The van der Waals surface area contributed by atoms with Crippen LogP contribution in [-0.4, -0.2) is 46.1 Å². The number of phenolic OH excluding ortho intramolecular Hbond substituents is 1. The zero-order valence-corrected chi connectivity index (χ0v) is 17.4. The van der Waals surface area contributed by atoms with Gasteiger partial charge in [0.2, 0.25) is 0 Å². The number of nitrogen functional groups attached to an aromatic ring is 1. The highest BCUT2D eigenvalue weighted by Gasteiger charge is 2.26. The highest BCUT2D eigenvalue weighted by atomic mass is 16.5. The molecule has 1 atom stereocenters. The predicted molar refractivity (Wildman–Crippen MR) is 117 cm³/mol. The summed E-state index contributed by atoms with van der Waals surface area (Å²) >= 11 is 0. The van der Waals surface area contributed by atoms with Crippen LogP contribution in [0.3, 0.4) is 0 Å². The summed E-state index contributed by atoms with van der Waals surface area (Å²) in [5.41, 5.74) is 10.8. The maximum atomic E-state index is 11.4. The molecule has 0 amide bonds. The molecule has 1 saturated heterocycles. The van der Waals surface area contributed by atoms with Crippen molar-refractivity contribution in [2.75, 3.05) is 30.3 Å². The number of nitrogens with zero attached hydrogens (tertiary/aromatic N) is 3. The van der Waals surface area contributed by atoms with Gasteiger partial charge in [-0.15, -0.1) is 10.2 Å². The first-order chi connectivity index (χ1) is 14.8. The third-order valence-electron chi connectivity index (χ3n) is 5.58. The van der Waals surface area contributed by atoms with Gasteiger partial charge >= 0.3 is 5.97 Å². The first-order valence-corrected chi connectivity index (χ1v) is 9.97. The number of morpholine rings is 1. The van der Waals surface area contributed by atoms with Gasteiger partial charge in [-0.25, -0.2) is 4.79 Å². The minimum atomic E-state index is -0.939. The van der Waals surface area contributed by atoms with Crippen LogP contribution in [0.2, 0.25) is 0 Å². The first kappa shape index (κ1) is 20.6. The van der Waals surface area contributed by atoms with E-state index >= 15 is 0 Å². The van der Waals surface area contributed by atoms with Gasteiger partial charge in [-0.05, 0) is 54.8 Å². The van der Waals surface area contributed by atoms with E-state index in [9.17, 15) is 15.0 Å². The number of anilines is 2. The fourth-order valence-corrected chi connectivity index (χ4v) is 3.94. The molecule has 0 radical (unpaired) electrons. The molecule has 3 aromatic rings. The van der Waals surface area contributed by atoms with E-state index in [2.05, 4.69) is 15.1 Å². The van der Waals surface area contributed by atoms with Crippen molar-refractivity contribution < 1.29 is 19.7 Å². The monoisotopic (exact) mass is 420 g/mol. The molecule has 1 aliphatic heterocycles. The summed E-state index contributed by atoms with van der Waals surface area (Å²) in [4.78, 5) is 13.5. The molecule has 31 heavy (non-hydrogen) atoms. The molecular formula is C23H24N4O4. The van der Waals surface area contributed by atoms with E-state index in [4.69, 9.17) is 10.5 Å². The van der Waals surface area contributed by atoms with Gasteiger partial charge in [0.15, 0.2) is 5.82 Å². The maximum absolute atomic E-state index is 11.4. The second-order valence-electron chi connectivity index (χ2n) is 7.65. The van der Waals surface area contributed by atoms with Gasteiger partial charge in [0.05, 0.1) is 23.6 Å². The number of ether oxygens (including phenoxy) is 1. The van der Waals surface area contributed by atoms with Crippen molar-refractivity contribution in [3.05, 3.63) is 64.7 Å². The van der Waals surface area contributed by atoms with Gasteiger partial charge in [-0.2, -0.15) is 0 Å². The summed E-state index contributed by atoms with van der Waals surface area (Å²) in [7, 11) is 0. The maximum Gasteiger partial charge on any atom is 0.335 e. The second-order valence-corrected chi connectivity index (χ2v) is 7.65. The van der Waals surface area contributed by atoms with E-state index in [1.807, 2.05) is 25.1 Å². The normalized spacial score (nSPS) is 16.3. The van der Waals surface area contributed by atoms with E-state index in [1.54, 1.807) is 31.2 Å². The minimum absolute atomic E-state index is 0.122. The molecule has 2 heterocycles. The SMILES string of the molecule is Cc1cc([C@H]2CN(c3cc(-c4ccccc4O)nnc3N)CCO2)c(C)cc1C(=O)O. The number of benzene rings is 2. The highest BCUT2D eigenvalue weighted by molar-refractivity contribution is 5.89. The van der Waals surface area contributed by atoms with E-state index in [1.165, 1.54) is 0 Å². The highest BCUT2D eigenvalue weighted by Crippen LogP contribution is 2.34. The molecule has 8 heteroatoms. The van der Waals surface area contributed by atoms with Crippen molar-refractivity contribution in [3.8, 4) is 17.0 Å². The summed E-state index contributed by atoms with van der Waals surface area (Å²) in [6.07, 6.45) is -0.239. The van der Waals surface area contributed by atoms with Crippen molar-refractivity contribution in [1.82, 2.24) is 10.2 Å². The van der Waals surface area contributed by atoms with Crippen molar-refractivity contribution in [2.24, 2.45) is 0 Å². The number of aryl methyl sites for hydroxylation is 2. The average molecular weight is 420 g/mol. The number of phenols is 1. The number of para-hydroxylation sites is 1. The molecule has 4 N–H and O–H groups in total. The lowest BCUT2D eigenvalue weighted by Crippen LogP contribution is -2.39. The Kier molecular flexibility index (Phi) is 5.48. The van der Waals surface area contributed by atoms with Gasteiger partial charge in [0, 0.05) is 18.7 Å². The van der Waals surface area contributed by atoms with Crippen LogP contribution in [0.1, 0.15) is 33.2 Å². The van der Waals surface area contributed by atoms with Gasteiger partial charge in [0.25, 0.3) is 0 Å². The number of carboxylic acid groups (broad SMARTS) is 1. The molecule has 8 nitrogen and oxygen atoms in total. The third-order valence-corrected chi connectivity index (χ3v) is 5.58. The van der Waals surface area contributed by atoms with E-state index in [-0.39, 0.29) is 11.9 Å².